The zero-order chi connectivity index (χ0) is 12.8. The van der Waals surface area contributed by atoms with E-state index in [4.69, 9.17) is 12.2 Å². The first kappa shape index (κ1) is 13.1. The molecule has 0 atom stereocenters. The van der Waals surface area contributed by atoms with Gasteiger partial charge < -0.3 is 11.1 Å². The number of unbranched alkanes of at least 4 members (excludes halogenated alkanes) is 1. The number of H-pyrrole nitrogens is 1. The standard InChI is InChI=1S/C12H18N4O/c1-4-5-6-7-14-12(17)11-9(13)10(8(2)3)15-16-11/h1,8H,5-7,13H2,2-3H3,(H,14,17)(H,15,16). The van der Waals surface area contributed by atoms with Crippen molar-refractivity contribution in [1.29, 1.82) is 0 Å². The van der Waals surface area contributed by atoms with Crippen LogP contribution in [0.3, 0.4) is 0 Å². The molecule has 92 valence electrons. The second-order valence-electron chi connectivity index (χ2n) is 4.12. The molecule has 0 radical (unpaired) electrons. The molecule has 17 heavy (non-hydrogen) atoms. The number of nitrogen functional groups attached to an aromatic ring is 1. The van der Waals surface area contributed by atoms with Gasteiger partial charge in [-0.25, -0.2) is 0 Å². The third-order valence-electron chi connectivity index (χ3n) is 2.41. The Labute approximate surface area is 101 Å². The molecule has 0 aliphatic heterocycles. The van der Waals surface area contributed by atoms with E-state index in [0.29, 0.717) is 18.7 Å². The molecule has 0 saturated heterocycles. The molecule has 0 bridgehead atoms. The molecule has 1 aromatic rings. The fourth-order valence-corrected chi connectivity index (χ4v) is 1.45. The molecule has 0 aromatic carbocycles. The Kier molecular flexibility index (Phi) is 4.58. The normalized spacial score (nSPS) is 10.2. The Balaban J connectivity index is 2.61. The quantitative estimate of drug-likeness (QED) is 0.529. The van der Waals surface area contributed by atoms with Gasteiger partial charge >= 0.3 is 0 Å². The lowest BCUT2D eigenvalue weighted by Gasteiger charge is -2.04. The summed E-state index contributed by atoms with van der Waals surface area (Å²) in [5.41, 5.74) is 7.32. The molecule has 0 aliphatic carbocycles. The molecular weight excluding hydrogens is 216 g/mol. The fourth-order valence-electron chi connectivity index (χ4n) is 1.45. The summed E-state index contributed by atoms with van der Waals surface area (Å²) in [5, 5.41) is 9.45. The Morgan fingerprint density at radius 2 is 2.35 bits per heavy atom. The first-order chi connectivity index (χ1) is 8.07. The van der Waals surface area contributed by atoms with Gasteiger partial charge in [-0.3, -0.25) is 9.89 Å². The zero-order valence-electron chi connectivity index (χ0n) is 10.2. The molecular formula is C12H18N4O. The maximum atomic E-state index is 11.7. The first-order valence-electron chi connectivity index (χ1n) is 5.63. The molecule has 0 aliphatic rings. The predicted octanol–water partition coefficient (Wildman–Crippen LogP) is 1.26. The van der Waals surface area contributed by atoms with Crippen LogP contribution < -0.4 is 11.1 Å². The van der Waals surface area contributed by atoms with Gasteiger partial charge in [0.2, 0.25) is 0 Å². The minimum atomic E-state index is -0.261. The van der Waals surface area contributed by atoms with Crippen molar-refractivity contribution in [2.45, 2.75) is 32.6 Å². The minimum Gasteiger partial charge on any atom is -0.395 e. The van der Waals surface area contributed by atoms with Gasteiger partial charge in [-0.2, -0.15) is 5.10 Å². The van der Waals surface area contributed by atoms with Gasteiger partial charge in [-0.1, -0.05) is 13.8 Å². The summed E-state index contributed by atoms with van der Waals surface area (Å²) in [6.45, 7) is 4.50. The van der Waals surface area contributed by atoms with Crippen molar-refractivity contribution in [3.63, 3.8) is 0 Å². The van der Waals surface area contributed by atoms with Gasteiger partial charge in [0.1, 0.15) is 0 Å². The molecule has 1 heterocycles. The number of amides is 1. The number of nitrogens with zero attached hydrogens (tertiary/aromatic N) is 1. The van der Waals surface area contributed by atoms with Crippen LogP contribution in [0, 0.1) is 12.3 Å². The number of hydrogen-bond donors (Lipinski definition) is 3. The molecule has 1 aromatic heterocycles. The number of anilines is 1. The number of aromatic amines is 1. The summed E-state index contributed by atoms with van der Waals surface area (Å²) in [6.07, 6.45) is 6.52. The number of aromatic nitrogens is 2. The van der Waals surface area contributed by atoms with Crippen LogP contribution in [0.2, 0.25) is 0 Å². The molecule has 4 N–H and O–H groups in total. The molecule has 5 nitrogen and oxygen atoms in total. The molecule has 0 fully saturated rings. The van der Waals surface area contributed by atoms with Crippen LogP contribution >= 0.6 is 0 Å². The van der Waals surface area contributed by atoms with Gasteiger partial charge in [-0.05, 0) is 12.3 Å². The number of carbonyl (C=O) groups excluding carboxylic acids is 1. The number of hydrogen-bond acceptors (Lipinski definition) is 3. The van der Waals surface area contributed by atoms with E-state index in [1.54, 1.807) is 0 Å². The van der Waals surface area contributed by atoms with Crippen molar-refractivity contribution in [3.8, 4) is 12.3 Å². The lowest BCUT2D eigenvalue weighted by molar-refractivity contribution is 0.0949. The van der Waals surface area contributed by atoms with Crippen molar-refractivity contribution < 1.29 is 4.79 Å². The third-order valence-corrected chi connectivity index (χ3v) is 2.41. The van der Waals surface area contributed by atoms with E-state index in [0.717, 1.165) is 12.1 Å². The van der Waals surface area contributed by atoms with Crippen LogP contribution in [0.5, 0.6) is 0 Å². The summed E-state index contributed by atoms with van der Waals surface area (Å²) >= 11 is 0. The maximum absolute atomic E-state index is 11.7. The van der Waals surface area contributed by atoms with Gasteiger partial charge in [0, 0.05) is 13.0 Å². The summed E-state index contributed by atoms with van der Waals surface area (Å²) in [4.78, 5) is 11.7. The van der Waals surface area contributed by atoms with Crippen LogP contribution in [0.4, 0.5) is 5.69 Å². The van der Waals surface area contributed by atoms with E-state index in [9.17, 15) is 4.79 Å². The van der Waals surface area contributed by atoms with Crippen molar-refractivity contribution in [2.24, 2.45) is 0 Å². The van der Waals surface area contributed by atoms with Crippen LogP contribution in [-0.2, 0) is 0 Å². The highest BCUT2D eigenvalue weighted by Crippen LogP contribution is 2.21. The first-order valence-corrected chi connectivity index (χ1v) is 5.63. The van der Waals surface area contributed by atoms with Crippen molar-refractivity contribution >= 4 is 11.6 Å². The SMILES string of the molecule is C#CCCCNC(=O)c1n[nH]c(C(C)C)c1N. The van der Waals surface area contributed by atoms with Gasteiger partial charge in [0.05, 0.1) is 11.4 Å². The molecule has 1 amide bonds. The highest BCUT2D eigenvalue weighted by atomic mass is 16.1. The largest absolute Gasteiger partial charge is 0.395 e. The molecule has 0 unspecified atom stereocenters. The molecule has 0 spiro atoms. The third kappa shape index (κ3) is 3.25. The topological polar surface area (TPSA) is 83.8 Å². The van der Waals surface area contributed by atoms with E-state index in [1.807, 2.05) is 13.8 Å². The molecule has 1 rings (SSSR count). The number of nitrogens with one attached hydrogen (secondary N) is 2. The lowest BCUT2D eigenvalue weighted by atomic mass is 10.1. The van der Waals surface area contributed by atoms with Crippen molar-refractivity contribution in [2.75, 3.05) is 12.3 Å². The van der Waals surface area contributed by atoms with Crippen LogP contribution in [0.1, 0.15) is 48.8 Å². The van der Waals surface area contributed by atoms with E-state index in [1.165, 1.54) is 0 Å². The number of terminal acetylenes is 1. The zero-order valence-corrected chi connectivity index (χ0v) is 10.2. The monoisotopic (exact) mass is 234 g/mol. The van der Waals surface area contributed by atoms with Crippen LogP contribution in [0.25, 0.3) is 0 Å². The predicted molar refractivity (Wildman–Crippen MR) is 67.5 cm³/mol. The molecule has 0 saturated carbocycles. The highest BCUT2D eigenvalue weighted by Gasteiger charge is 2.18. The van der Waals surface area contributed by atoms with E-state index >= 15 is 0 Å². The van der Waals surface area contributed by atoms with Gasteiger partial charge in [0.25, 0.3) is 5.91 Å². The van der Waals surface area contributed by atoms with E-state index < -0.39 is 0 Å². The minimum absolute atomic E-state index is 0.213. The van der Waals surface area contributed by atoms with Crippen LogP contribution in [-0.4, -0.2) is 22.6 Å². The summed E-state index contributed by atoms with van der Waals surface area (Å²) in [5.74, 6) is 2.47. The second kappa shape index (κ2) is 5.94. The van der Waals surface area contributed by atoms with Gasteiger partial charge in [0.15, 0.2) is 5.69 Å². The van der Waals surface area contributed by atoms with Crippen LogP contribution in [0.15, 0.2) is 0 Å². The van der Waals surface area contributed by atoms with E-state index in [-0.39, 0.29) is 17.5 Å². The Bertz CT molecular complexity index is 428. The number of rotatable bonds is 5. The second-order valence-corrected chi connectivity index (χ2v) is 4.12. The fraction of sp³-hybridized carbons (Fsp3) is 0.500. The maximum Gasteiger partial charge on any atom is 0.273 e. The number of nitrogens with two attached hydrogens (primary N) is 1. The van der Waals surface area contributed by atoms with Crippen molar-refractivity contribution in [3.05, 3.63) is 11.4 Å². The summed E-state index contributed by atoms with van der Waals surface area (Å²) < 4.78 is 0. The van der Waals surface area contributed by atoms with Crippen molar-refractivity contribution in [1.82, 2.24) is 15.5 Å². The van der Waals surface area contributed by atoms with Gasteiger partial charge in [-0.15, -0.1) is 12.3 Å². The summed E-state index contributed by atoms with van der Waals surface area (Å²) in [6, 6.07) is 0. The highest BCUT2D eigenvalue weighted by molar-refractivity contribution is 5.97. The Morgan fingerprint density at radius 3 is 2.88 bits per heavy atom. The van der Waals surface area contributed by atoms with E-state index in [2.05, 4.69) is 21.4 Å². The Morgan fingerprint density at radius 1 is 1.65 bits per heavy atom. The average Bonchev–Trinajstić information content (AvgIpc) is 2.66. The number of carbonyl (C=O) groups is 1. The molecule has 5 heteroatoms. The Hall–Kier alpha value is -1.96. The average molecular weight is 234 g/mol. The summed E-state index contributed by atoms with van der Waals surface area (Å²) in [7, 11) is 0. The smallest absolute Gasteiger partial charge is 0.273 e. The lowest BCUT2D eigenvalue weighted by Crippen LogP contribution is -2.25.